The van der Waals surface area contributed by atoms with Crippen LogP contribution in [0.15, 0.2) is 94.4 Å². The van der Waals surface area contributed by atoms with E-state index in [2.05, 4.69) is 22.1 Å². The monoisotopic (exact) mass is 605 g/mol. The van der Waals surface area contributed by atoms with Gasteiger partial charge in [0.25, 0.3) is 5.63 Å². The summed E-state index contributed by atoms with van der Waals surface area (Å²) in [6, 6.07) is 26.2. The summed E-state index contributed by atoms with van der Waals surface area (Å²) in [5, 5.41) is 0.771. The summed E-state index contributed by atoms with van der Waals surface area (Å²) in [5.74, 6) is -1.35. The van der Waals surface area contributed by atoms with Crippen LogP contribution in [-0.4, -0.2) is 9.97 Å². The van der Waals surface area contributed by atoms with Gasteiger partial charge in [0.1, 0.15) is 11.6 Å². The van der Waals surface area contributed by atoms with E-state index in [-0.39, 0.29) is 25.8 Å². The zero-order valence-corrected chi connectivity index (χ0v) is 18.8. The molecule has 0 aliphatic rings. The molecule has 161 valence electrons. The standard InChI is InChI=1S/C14H8NO2.C11H6F2N.Ir/c16-14-11(12-6-3-4-8-15-12)9-10-5-1-2-7-13(10)17-14;12-9-6-10(13)11(14-7-9)8-4-2-1-3-5-8;/h1-8H;1-4,6-7H;/q2*-1;. The number of para-hydroxylation sites is 1. The van der Waals surface area contributed by atoms with Crippen molar-refractivity contribution >= 4 is 11.0 Å². The summed E-state index contributed by atoms with van der Waals surface area (Å²) in [4.78, 5) is 19.6. The van der Waals surface area contributed by atoms with E-state index in [4.69, 9.17) is 4.42 Å². The van der Waals surface area contributed by atoms with Crippen molar-refractivity contribution in [2.45, 2.75) is 0 Å². The van der Waals surface area contributed by atoms with Crippen LogP contribution >= 0.6 is 0 Å². The number of hydrogen-bond acceptors (Lipinski definition) is 4. The van der Waals surface area contributed by atoms with Crippen LogP contribution in [0.4, 0.5) is 8.78 Å². The molecule has 0 amide bonds. The summed E-state index contributed by atoms with van der Waals surface area (Å²) in [6.45, 7) is 0. The third-order valence-corrected chi connectivity index (χ3v) is 4.25. The van der Waals surface area contributed by atoms with Crippen molar-refractivity contribution in [3.8, 4) is 22.5 Å². The number of rotatable bonds is 2. The molecule has 2 aromatic carbocycles. The Bertz CT molecular complexity index is 1380. The first-order chi connectivity index (χ1) is 15.1. The first-order valence-corrected chi connectivity index (χ1v) is 9.26. The van der Waals surface area contributed by atoms with E-state index in [0.717, 1.165) is 17.6 Å². The number of hydrogen-bond donors (Lipinski definition) is 0. The van der Waals surface area contributed by atoms with E-state index in [1.807, 2.05) is 24.3 Å². The van der Waals surface area contributed by atoms with Gasteiger partial charge in [0.05, 0.1) is 11.8 Å². The largest absolute Gasteiger partial charge is 0.496 e. The van der Waals surface area contributed by atoms with Gasteiger partial charge in [-0.25, -0.2) is 8.78 Å². The summed E-state index contributed by atoms with van der Waals surface area (Å²) >= 11 is 0. The Kier molecular flexibility index (Phi) is 7.71. The van der Waals surface area contributed by atoms with Crippen molar-refractivity contribution in [3.05, 3.63) is 119 Å². The predicted molar refractivity (Wildman–Crippen MR) is 113 cm³/mol. The Morgan fingerprint density at radius 3 is 2.41 bits per heavy atom. The van der Waals surface area contributed by atoms with Gasteiger partial charge in [-0.2, -0.15) is 0 Å². The van der Waals surface area contributed by atoms with Gasteiger partial charge in [-0.1, -0.05) is 35.7 Å². The Hall–Kier alpha value is -3.54. The molecule has 0 unspecified atom stereocenters. The molecule has 4 nitrogen and oxygen atoms in total. The van der Waals surface area contributed by atoms with E-state index < -0.39 is 17.3 Å². The van der Waals surface area contributed by atoms with Crippen LogP contribution in [0.2, 0.25) is 0 Å². The van der Waals surface area contributed by atoms with Crippen LogP contribution in [-0.2, 0) is 20.1 Å². The number of fused-ring (bicyclic) bond motifs is 1. The van der Waals surface area contributed by atoms with Gasteiger partial charge >= 0.3 is 0 Å². The summed E-state index contributed by atoms with van der Waals surface area (Å²) in [5.41, 5.74) is 1.70. The second-order valence-electron chi connectivity index (χ2n) is 6.36. The van der Waals surface area contributed by atoms with Crippen LogP contribution < -0.4 is 5.63 Å². The van der Waals surface area contributed by atoms with Gasteiger partial charge in [-0.05, 0) is 11.6 Å². The van der Waals surface area contributed by atoms with Gasteiger partial charge in [-0.15, -0.1) is 48.0 Å². The maximum atomic E-state index is 13.2. The minimum atomic E-state index is -0.679. The molecule has 0 bridgehead atoms. The fourth-order valence-electron chi connectivity index (χ4n) is 2.83. The van der Waals surface area contributed by atoms with Crippen molar-refractivity contribution in [3.63, 3.8) is 0 Å². The molecule has 5 rings (SSSR count). The van der Waals surface area contributed by atoms with Gasteiger partial charge in [0.15, 0.2) is 0 Å². The van der Waals surface area contributed by atoms with Gasteiger partial charge < -0.3 is 4.42 Å². The smallest absolute Gasteiger partial charge is 0.268 e. The Morgan fingerprint density at radius 1 is 0.906 bits per heavy atom. The first kappa shape index (κ1) is 23.1. The Morgan fingerprint density at radius 2 is 1.69 bits per heavy atom. The quantitative estimate of drug-likeness (QED) is 0.198. The molecule has 7 heteroatoms. The molecule has 5 aromatic rings. The minimum absolute atomic E-state index is 0. The van der Waals surface area contributed by atoms with Crippen LogP contribution in [0.25, 0.3) is 33.5 Å². The van der Waals surface area contributed by atoms with Gasteiger partial charge in [0.2, 0.25) is 0 Å². The Labute approximate surface area is 196 Å². The number of benzene rings is 2. The molecule has 0 saturated heterocycles. The topological polar surface area (TPSA) is 56.0 Å². The van der Waals surface area contributed by atoms with Gasteiger partial charge in [0, 0.05) is 43.8 Å². The van der Waals surface area contributed by atoms with E-state index in [9.17, 15) is 13.6 Å². The zero-order valence-electron chi connectivity index (χ0n) is 16.4. The molecule has 0 aliphatic heterocycles. The van der Waals surface area contributed by atoms with E-state index >= 15 is 0 Å². The van der Waals surface area contributed by atoms with Crippen LogP contribution in [0.5, 0.6) is 0 Å². The normalized spacial score (nSPS) is 10.1. The van der Waals surface area contributed by atoms with Crippen molar-refractivity contribution in [2.24, 2.45) is 0 Å². The SMILES string of the molecule is Fc1cnc(-c2[c-]cccc2)c(F)c1.O=c1oc2ccccc2[c-]c1-c1ccccn1.[Ir]. The summed E-state index contributed by atoms with van der Waals surface area (Å²) in [6.07, 6.45) is 2.62. The number of aromatic nitrogens is 2. The molecule has 0 aliphatic carbocycles. The molecule has 32 heavy (non-hydrogen) atoms. The van der Waals surface area contributed by atoms with Gasteiger partial charge in [-0.3, -0.25) is 14.8 Å². The average molecular weight is 605 g/mol. The van der Waals surface area contributed by atoms with Crippen molar-refractivity contribution < 1.29 is 33.3 Å². The number of pyridine rings is 2. The second-order valence-corrected chi connectivity index (χ2v) is 6.36. The van der Waals surface area contributed by atoms with E-state index in [0.29, 0.717) is 22.4 Å². The maximum absolute atomic E-state index is 13.2. The molecule has 0 spiro atoms. The fourth-order valence-corrected chi connectivity index (χ4v) is 2.83. The third-order valence-electron chi connectivity index (χ3n) is 4.25. The molecule has 1 radical (unpaired) electrons. The molecule has 3 heterocycles. The zero-order chi connectivity index (χ0) is 21.6. The van der Waals surface area contributed by atoms with Crippen molar-refractivity contribution in [1.29, 1.82) is 0 Å². The van der Waals surface area contributed by atoms with Crippen LogP contribution in [0.3, 0.4) is 0 Å². The van der Waals surface area contributed by atoms with Crippen LogP contribution in [0.1, 0.15) is 0 Å². The third kappa shape index (κ3) is 5.38. The number of nitrogens with zero attached hydrogens (tertiary/aromatic N) is 2. The van der Waals surface area contributed by atoms with E-state index in [1.54, 1.807) is 48.7 Å². The average Bonchev–Trinajstić information content (AvgIpc) is 2.80. The minimum Gasteiger partial charge on any atom is -0.496 e. The molecule has 3 aromatic heterocycles. The molecule has 0 N–H and O–H groups in total. The summed E-state index contributed by atoms with van der Waals surface area (Å²) < 4.78 is 31.0. The second kappa shape index (κ2) is 10.7. The fraction of sp³-hybridized carbons (Fsp3) is 0. The molecule has 0 atom stereocenters. The van der Waals surface area contributed by atoms with Crippen LogP contribution in [0, 0.1) is 23.8 Å². The summed E-state index contributed by atoms with van der Waals surface area (Å²) in [7, 11) is 0. The number of halogens is 2. The van der Waals surface area contributed by atoms with E-state index in [1.165, 1.54) is 0 Å². The van der Waals surface area contributed by atoms with Crippen molar-refractivity contribution in [1.82, 2.24) is 9.97 Å². The maximum Gasteiger partial charge on any atom is 0.268 e. The molecular weight excluding hydrogens is 591 g/mol. The predicted octanol–water partition coefficient (Wildman–Crippen LogP) is 5.48. The molecule has 0 fully saturated rings. The first-order valence-electron chi connectivity index (χ1n) is 9.26. The molecular formula is C25H14F2IrN2O2-2. The molecule has 0 saturated carbocycles. The van der Waals surface area contributed by atoms with Crippen molar-refractivity contribution in [2.75, 3.05) is 0 Å². The Balaban J connectivity index is 0.000000178.